The average Bonchev–Trinajstić information content (AvgIpc) is 2.01. The van der Waals surface area contributed by atoms with Gasteiger partial charge in [0.2, 0.25) is 0 Å². The van der Waals surface area contributed by atoms with E-state index in [1.165, 1.54) is 0 Å². The molecule has 0 saturated carbocycles. The lowest BCUT2D eigenvalue weighted by atomic mass is 9.80. The molecule has 1 aliphatic rings. The van der Waals surface area contributed by atoms with E-state index in [0.29, 0.717) is 13.0 Å². The van der Waals surface area contributed by atoms with E-state index in [4.69, 9.17) is 4.74 Å². The van der Waals surface area contributed by atoms with E-state index in [0.717, 1.165) is 0 Å². The summed E-state index contributed by atoms with van der Waals surface area (Å²) in [6.07, 6.45) is 0.942. The first-order valence-corrected chi connectivity index (χ1v) is 4.61. The van der Waals surface area contributed by atoms with Crippen LogP contribution < -0.4 is 0 Å². The molecule has 3 nitrogen and oxygen atoms in total. The molecule has 0 aromatic heterocycles. The largest absolute Gasteiger partial charge is 0.466 e. The van der Waals surface area contributed by atoms with E-state index < -0.39 is 0 Å². The predicted molar refractivity (Wildman–Crippen MR) is 48.1 cm³/mol. The fraction of sp³-hybridized carbons (Fsp3) is 0.800. The lowest BCUT2D eigenvalue weighted by molar-refractivity contribution is -0.153. The van der Waals surface area contributed by atoms with Gasteiger partial charge < -0.3 is 4.74 Å². The van der Waals surface area contributed by atoms with Gasteiger partial charge in [-0.2, -0.15) is 0 Å². The number of hydrogen-bond acceptors (Lipinski definition) is 3. The maximum Gasteiger partial charge on any atom is 0.306 e. The fourth-order valence-electron chi connectivity index (χ4n) is 1.51. The lowest BCUT2D eigenvalue weighted by Gasteiger charge is -2.26. The molecule has 0 bridgehead atoms. The van der Waals surface area contributed by atoms with Crippen molar-refractivity contribution in [3.8, 4) is 0 Å². The molecule has 1 aliphatic heterocycles. The minimum Gasteiger partial charge on any atom is -0.466 e. The Balaban J connectivity index is 2.62. The molecular weight excluding hydrogens is 168 g/mol. The summed E-state index contributed by atoms with van der Waals surface area (Å²) in [5, 5.41) is 0. The molecular formula is C10H16O3. The molecule has 1 saturated heterocycles. The maximum atomic E-state index is 11.8. The second-order valence-corrected chi connectivity index (χ2v) is 4.52. The molecule has 1 atom stereocenters. The molecule has 0 aromatic carbocycles. The average molecular weight is 184 g/mol. The van der Waals surface area contributed by atoms with Gasteiger partial charge in [0.15, 0.2) is 0 Å². The Kier molecular flexibility index (Phi) is 2.74. The second-order valence-electron chi connectivity index (χ2n) is 4.52. The molecule has 0 spiro atoms. The number of cyclic esters (lactones) is 1. The first kappa shape index (κ1) is 10.2. The third-order valence-corrected chi connectivity index (χ3v) is 2.25. The van der Waals surface area contributed by atoms with Crippen LogP contribution in [0.15, 0.2) is 0 Å². The van der Waals surface area contributed by atoms with Gasteiger partial charge in [0.25, 0.3) is 0 Å². The standard InChI is InChI=1S/C10H16O3/c1-10(2,3)9(12)7-4-5-13-8(11)6-7/h7H,4-6H2,1-3H3. The lowest BCUT2D eigenvalue weighted by Crippen LogP contribution is -2.34. The fourth-order valence-corrected chi connectivity index (χ4v) is 1.51. The number of carbonyl (C=O) groups is 2. The normalized spacial score (nSPS) is 23.9. The van der Waals surface area contributed by atoms with Gasteiger partial charge >= 0.3 is 5.97 Å². The van der Waals surface area contributed by atoms with Crippen LogP contribution in [0.4, 0.5) is 0 Å². The van der Waals surface area contributed by atoms with E-state index in [9.17, 15) is 9.59 Å². The summed E-state index contributed by atoms with van der Waals surface area (Å²) in [5.41, 5.74) is -0.345. The SMILES string of the molecule is CC(C)(C)C(=O)C1CCOC(=O)C1. The van der Waals surface area contributed by atoms with Crippen LogP contribution in [0.25, 0.3) is 0 Å². The maximum absolute atomic E-state index is 11.8. The summed E-state index contributed by atoms with van der Waals surface area (Å²) in [6.45, 7) is 6.05. The van der Waals surface area contributed by atoms with Crippen LogP contribution in [0, 0.1) is 11.3 Å². The van der Waals surface area contributed by atoms with Crippen LogP contribution in [0.5, 0.6) is 0 Å². The highest BCUT2D eigenvalue weighted by Crippen LogP contribution is 2.26. The molecule has 3 heteroatoms. The highest BCUT2D eigenvalue weighted by molar-refractivity contribution is 5.89. The summed E-state index contributed by atoms with van der Waals surface area (Å²) >= 11 is 0. The summed E-state index contributed by atoms with van der Waals surface area (Å²) in [6, 6.07) is 0. The van der Waals surface area contributed by atoms with E-state index in [2.05, 4.69) is 0 Å². The van der Waals surface area contributed by atoms with Crippen molar-refractivity contribution < 1.29 is 14.3 Å². The van der Waals surface area contributed by atoms with Gasteiger partial charge in [0.05, 0.1) is 13.0 Å². The van der Waals surface area contributed by atoms with Crippen molar-refractivity contribution in [1.82, 2.24) is 0 Å². The number of esters is 1. The van der Waals surface area contributed by atoms with Crippen molar-refractivity contribution in [3.05, 3.63) is 0 Å². The number of ketones is 1. The summed E-state index contributed by atoms with van der Waals surface area (Å²) < 4.78 is 4.78. The Bertz CT molecular complexity index is 225. The molecule has 1 heterocycles. The predicted octanol–water partition coefficient (Wildman–Crippen LogP) is 1.55. The van der Waals surface area contributed by atoms with Crippen molar-refractivity contribution >= 4 is 11.8 Å². The zero-order valence-corrected chi connectivity index (χ0v) is 8.42. The van der Waals surface area contributed by atoms with Crippen LogP contribution >= 0.6 is 0 Å². The Labute approximate surface area is 78.5 Å². The highest BCUT2D eigenvalue weighted by atomic mass is 16.5. The second kappa shape index (κ2) is 3.48. The van der Waals surface area contributed by atoms with E-state index in [-0.39, 0.29) is 29.5 Å². The Morgan fingerprint density at radius 3 is 2.54 bits per heavy atom. The molecule has 1 unspecified atom stereocenters. The number of carbonyl (C=O) groups excluding carboxylic acids is 2. The van der Waals surface area contributed by atoms with Crippen LogP contribution in [0.1, 0.15) is 33.6 Å². The van der Waals surface area contributed by atoms with Crippen LogP contribution in [0.2, 0.25) is 0 Å². The number of ether oxygens (including phenoxy) is 1. The quantitative estimate of drug-likeness (QED) is 0.581. The van der Waals surface area contributed by atoms with Crippen molar-refractivity contribution in [2.45, 2.75) is 33.6 Å². The van der Waals surface area contributed by atoms with Gasteiger partial charge in [-0.3, -0.25) is 9.59 Å². The van der Waals surface area contributed by atoms with Crippen molar-refractivity contribution in [3.63, 3.8) is 0 Å². The summed E-state index contributed by atoms with van der Waals surface area (Å²) in [5.74, 6) is -0.195. The van der Waals surface area contributed by atoms with Crippen LogP contribution in [-0.4, -0.2) is 18.4 Å². The number of rotatable bonds is 1. The van der Waals surface area contributed by atoms with E-state index >= 15 is 0 Å². The molecule has 74 valence electrons. The van der Waals surface area contributed by atoms with Gasteiger partial charge in [-0.05, 0) is 6.42 Å². The zero-order valence-electron chi connectivity index (χ0n) is 8.42. The first-order valence-electron chi connectivity index (χ1n) is 4.61. The van der Waals surface area contributed by atoms with Crippen molar-refractivity contribution in [2.75, 3.05) is 6.61 Å². The van der Waals surface area contributed by atoms with Gasteiger partial charge in [-0.1, -0.05) is 20.8 Å². The molecule has 0 aliphatic carbocycles. The molecule has 0 amide bonds. The highest BCUT2D eigenvalue weighted by Gasteiger charge is 2.33. The zero-order chi connectivity index (χ0) is 10.1. The molecule has 0 aromatic rings. The Morgan fingerprint density at radius 1 is 1.46 bits per heavy atom. The van der Waals surface area contributed by atoms with E-state index in [1.807, 2.05) is 20.8 Å². The smallest absolute Gasteiger partial charge is 0.306 e. The van der Waals surface area contributed by atoms with Gasteiger partial charge in [0, 0.05) is 11.3 Å². The molecule has 1 fully saturated rings. The van der Waals surface area contributed by atoms with Crippen molar-refractivity contribution in [1.29, 1.82) is 0 Å². The first-order chi connectivity index (χ1) is 5.91. The van der Waals surface area contributed by atoms with Gasteiger partial charge in [0.1, 0.15) is 5.78 Å². The topological polar surface area (TPSA) is 43.4 Å². The summed E-state index contributed by atoms with van der Waals surface area (Å²) in [4.78, 5) is 22.7. The minimum absolute atomic E-state index is 0.124. The molecule has 0 radical (unpaired) electrons. The van der Waals surface area contributed by atoms with Crippen molar-refractivity contribution in [2.24, 2.45) is 11.3 Å². The van der Waals surface area contributed by atoms with Gasteiger partial charge in [-0.15, -0.1) is 0 Å². The third-order valence-electron chi connectivity index (χ3n) is 2.25. The summed E-state index contributed by atoms with van der Waals surface area (Å²) in [7, 11) is 0. The van der Waals surface area contributed by atoms with Gasteiger partial charge in [-0.25, -0.2) is 0 Å². The minimum atomic E-state index is -0.345. The monoisotopic (exact) mass is 184 g/mol. The van der Waals surface area contributed by atoms with Crippen LogP contribution in [-0.2, 0) is 14.3 Å². The Hall–Kier alpha value is -0.860. The number of Topliss-reactive ketones (excluding diaryl/α,β-unsaturated/α-hetero) is 1. The molecule has 0 N–H and O–H groups in total. The van der Waals surface area contributed by atoms with E-state index in [1.54, 1.807) is 0 Å². The number of hydrogen-bond donors (Lipinski definition) is 0. The van der Waals surface area contributed by atoms with Crippen LogP contribution in [0.3, 0.4) is 0 Å². The third kappa shape index (κ3) is 2.54. The Morgan fingerprint density at radius 2 is 2.08 bits per heavy atom. The molecule has 13 heavy (non-hydrogen) atoms. The molecule has 1 rings (SSSR count).